The van der Waals surface area contributed by atoms with Crippen molar-refractivity contribution in [3.8, 4) is 17.0 Å². The van der Waals surface area contributed by atoms with Crippen LogP contribution in [0.25, 0.3) is 22.3 Å². The van der Waals surface area contributed by atoms with Crippen LogP contribution in [0.15, 0.2) is 67.1 Å². The summed E-state index contributed by atoms with van der Waals surface area (Å²) in [6.07, 6.45) is 9.24. The lowest BCUT2D eigenvalue weighted by Gasteiger charge is -2.28. The fourth-order valence-corrected chi connectivity index (χ4v) is 4.03. The number of hydrogen-bond acceptors (Lipinski definition) is 6. The highest BCUT2D eigenvalue weighted by molar-refractivity contribution is 5.89. The third-order valence-corrected chi connectivity index (χ3v) is 5.69. The number of pyridine rings is 1. The third kappa shape index (κ3) is 4.14. The van der Waals surface area contributed by atoms with E-state index in [1.165, 1.54) is 24.9 Å². The summed E-state index contributed by atoms with van der Waals surface area (Å²) >= 11 is 0. The van der Waals surface area contributed by atoms with Gasteiger partial charge in [0.2, 0.25) is 0 Å². The maximum absolute atomic E-state index is 5.31. The molecule has 0 unspecified atom stereocenters. The van der Waals surface area contributed by atoms with E-state index < -0.39 is 0 Å². The van der Waals surface area contributed by atoms with Crippen LogP contribution in [0.4, 0.5) is 17.1 Å². The highest BCUT2D eigenvalue weighted by Crippen LogP contribution is 2.28. The Morgan fingerprint density at radius 2 is 1.77 bits per heavy atom. The molecule has 0 spiro atoms. The number of methoxy groups -OCH3 is 1. The van der Waals surface area contributed by atoms with E-state index in [0.29, 0.717) is 0 Å². The molecule has 3 heterocycles. The van der Waals surface area contributed by atoms with Crippen molar-refractivity contribution in [1.29, 1.82) is 0 Å². The van der Waals surface area contributed by atoms with Crippen molar-refractivity contribution in [3.63, 3.8) is 0 Å². The number of nitrogens with zero attached hydrogens (tertiary/aromatic N) is 4. The maximum atomic E-state index is 5.31. The molecule has 1 aliphatic heterocycles. The fourth-order valence-electron chi connectivity index (χ4n) is 4.03. The van der Waals surface area contributed by atoms with Gasteiger partial charge in [-0.15, -0.1) is 0 Å². The molecule has 0 aliphatic carbocycles. The molecule has 156 valence electrons. The van der Waals surface area contributed by atoms with E-state index in [-0.39, 0.29) is 0 Å². The Morgan fingerprint density at radius 3 is 2.58 bits per heavy atom. The van der Waals surface area contributed by atoms with E-state index in [1.807, 2.05) is 30.5 Å². The van der Waals surface area contributed by atoms with E-state index in [0.717, 1.165) is 52.5 Å². The summed E-state index contributed by atoms with van der Waals surface area (Å²) in [6.45, 7) is 2.29. The van der Waals surface area contributed by atoms with Crippen molar-refractivity contribution in [2.24, 2.45) is 0 Å². The van der Waals surface area contributed by atoms with Crippen molar-refractivity contribution < 1.29 is 4.74 Å². The van der Waals surface area contributed by atoms with Gasteiger partial charge in [0.25, 0.3) is 0 Å². The van der Waals surface area contributed by atoms with Gasteiger partial charge < -0.3 is 15.0 Å². The van der Waals surface area contributed by atoms with E-state index in [1.54, 1.807) is 19.5 Å². The van der Waals surface area contributed by atoms with E-state index in [9.17, 15) is 0 Å². The largest absolute Gasteiger partial charge is 0.497 e. The standard InChI is InChI=1S/C25H25N5O/c1-31-21-7-5-6-19(14-21)28-23-15-26-16-24-25(23)27-17-22(29-24)18-8-10-20(11-9-18)30-12-3-2-4-13-30/h5-11,14-17,28H,2-4,12-13H2,1H3. The molecule has 2 aromatic heterocycles. The van der Waals surface area contributed by atoms with Gasteiger partial charge in [0.1, 0.15) is 16.8 Å². The topological polar surface area (TPSA) is 63.2 Å². The van der Waals surface area contributed by atoms with Crippen LogP contribution in [0, 0.1) is 0 Å². The zero-order valence-electron chi connectivity index (χ0n) is 17.6. The highest BCUT2D eigenvalue weighted by atomic mass is 16.5. The Morgan fingerprint density at radius 1 is 0.935 bits per heavy atom. The number of piperidine rings is 1. The molecule has 0 saturated carbocycles. The minimum absolute atomic E-state index is 0.755. The zero-order chi connectivity index (χ0) is 21.0. The summed E-state index contributed by atoms with van der Waals surface area (Å²) in [5.74, 6) is 0.791. The predicted octanol–water partition coefficient (Wildman–Crippen LogP) is 5.43. The summed E-state index contributed by atoms with van der Waals surface area (Å²) in [5, 5.41) is 3.37. The van der Waals surface area contributed by atoms with Gasteiger partial charge in [0, 0.05) is 36.1 Å². The third-order valence-electron chi connectivity index (χ3n) is 5.69. The van der Waals surface area contributed by atoms with Gasteiger partial charge >= 0.3 is 0 Å². The molecule has 4 aromatic rings. The normalized spacial score (nSPS) is 13.9. The Hall–Kier alpha value is -3.67. The summed E-state index contributed by atoms with van der Waals surface area (Å²) in [5.41, 5.74) is 6.44. The first-order chi connectivity index (χ1) is 15.3. The summed E-state index contributed by atoms with van der Waals surface area (Å²) in [7, 11) is 1.66. The molecule has 0 atom stereocenters. The smallest absolute Gasteiger partial charge is 0.120 e. The number of rotatable bonds is 5. The van der Waals surface area contributed by atoms with Crippen LogP contribution >= 0.6 is 0 Å². The molecule has 0 radical (unpaired) electrons. The molecule has 5 rings (SSSR count). The van der Waals surface area contributed by atoms with E-state index in [2.05, 4.69) is 39.5 Å². The van der Waals surface area contributed by atoms with Crippen LogP contribution in [0.1, 0.15) is 19.3 Å². The monoisotopic (exact) mass is 411 g/mol. The van der Waals surface area contributed by atoms with Crippen LogP contribution in [-0.2, 0) is 0 Å². The van der Waals surface area contributed by atoms with Gasteiger partial charge in [-0.1, -0.05) is 18.2 Å². The molecule has 6 heteroatoms. The minimum atomic E-state index is 0.755. The Balaban J connectivity index is 1.41. The van der Waals surface area contributed by atoms with Gasteiger partial charge in [-0.3, -0.25) is 9.97 Å². The summed E-state index contributed by atoms with van der Waals surface area (Å²) < 4.78 is 5.31. The van der Waals surface area contributed by atoms with Gasteiger partial charge in [-0.05, 0) is 43.5 Å². The Bertz CT molecular complexity index is 1190. The first-order valence-corrected chi connectivity index (χ1v) is 10.7. The number of hydrogen-bond donors (Lipinski definition) is 1. The van der Waals surface area contributed by atoms with Crippen molar-refractivity contribution in [1.82, 2.24) is 15.0 Å². The first kappa shape index (κ1) is 19.3. The van der Waals surface area contributed by atoms with E-state index >= 15 is 0 Å². The molecular weight excluding hydrogens is 386 g/mol. The Labute approximate surface area is 181 Å². The molecule has 1 saturated heterocycles. The van der Waals surface area contributed by atoms with E-state index in [4.69, 9.17) is 14.7 Å². The molecule has 1 aliphatic rings. The van der Waals surface area contributed by atoms with Gasteiger partial charge in [0.05, 0.1) is 37.1 Å². The number of ether oxygens (including phenoxy) is 1. The second kappa shape index (κ2) is 8.60. The van der Waals surface area contributed by atoms with Crippen molar-refractivity contribution in [2.45, 2.75) is 19.3 Å². The second-order valence-corrected chi connectivity index (χ2v) is 7.76. The van der Waals surface area contributed by atoms with Gasteiger partial charge in [-0.25, -0.2) is 4.98 Å². The van der Waals surface area contributed by atoms with Crippen molar-refractivity contribution >= 4 is 28.1 Å². The van der Waals surface area contributed by atoms with Crippen LogP contribution in [0.5, 0.6) is 5.75 Å². The fraction of sp³-hybridized carbons (Fsp3) is 0.240. The summed E-state index contributed by atoms with van der Waals surface area (Å²) in [4.78, 5) is 16.3. The van der Waals surface area contributed by atoms with Crippen LogP contribution in [0.2, 0.25) is 0 Å². The number of nitrogens with one attached hydrogen (secondary N) is 1. The quantitative estimate of drug-likeness (QED) is 0.472. The van der Waals surface area contributed by atoms with Crippen molar-refractivity contribution in [3.05, 3.63) is 67.1 Å². The summed E-state index contributed by atoms with van der Waals surface area (Å²) in [6, 6.07) is 16.4. The zero-order valence-corrected chi connectivity index (χ0v) is 17.6. The molecule has 0 amide bonds. The van der Waals surface area contributed by atoms with Crippen LogP contribution in [0.3, 0.4) is 0 Å². The second-order valence-electron chi connectivity index (χ2n) is 7.76. The number of benzene rings is 2. The number of anilines is 3. The average molecular weight is 412 g/mol. The van der Waals surface area contributed by atoms with Gasteiger partial charge in [0.15, 0.2) is 0 Å². The van der Waals surface area contributed by atoms with Crippen molar-refractivity contribution in [2.75, 3.05) is 30.4 Å². The average Bonchev–Trinajstić information content (AvgIpc) is 2.85. The minimum Gasteiger partial charge on any atom is -0.497 e. The molecule has 1 fully saturated rings. The number of aromatic nitrogens is 3. The van der Waals surface area contributed by atoms with Crippen LogP contribution < -0.4 is 15.0 Å². The highest BCUT2D eigenvalue weighted by Gasteiger charge is 2.12. The first-order valence-electron chi connectivity index (χ1n) is 10.7. The number of fused-ring (bicyclic) bond motifs is 1. The lowest BCUT2D eigenvalue weighted by atomic mass is 10.1. The molecule has 6 nitrogen and oxygen atoms in total. The van der Waals surface area contributed by atoms with Gasteiger partial charge in [-0.2, -0.15) is 0 Å². The SMILES string of the molecule is COc1cccc(Nc2cncc3nc(-c4ccc(N5CCCCC5)cc4)cnc23)c1. The molecule has 2 aromatic carbocycles. The Kier molecular flexibility index (Phi) is 5.35. The molecule has 1 N–H and O–H groups in total. The van der Waals surface area contributed by atoms with Crippen LogP contribution in [-0.4, -0.2) is 35.2 Å². The molecule has 31 heavy (non-hydrogen) atoms. The molecular formula is C25H25N5O. The molecule has 0 bridgehead atoms. The predicted molar refractivity (Wildman–Crippen MR) is 125 cm³/mol. The lowest BCUT2D eigenvalue weighted by molar-refractivity contribution is 0.415. The maximum Gasteiger partial charge on any atom is 0.120 e. The lowest BCUT2D eigenvalue weighted by Crippen LogP contribution is -2.29.